The highest BCUT2D eigenvalue weighted by molar-refractivity contribution is 5.75. The molecule has 0 bridgehead atoms. The van der Waals surface area contributed by atoms with E-state index in [1.807, 2.05) is 0 Å². The number of halogens is 4. The molecule has 1 aromatic rings. The largest absolute Gasteiger partial charge is 0.375 e. The van der Waals surface area contributed by atoms with Crippen LogP contribution in [0.15, 0.2) is 0 Å². The molecule has 0 atom stereocenters. The Bertz CT molecular complexity index is 464. The van der Waals surface area contributed by atoms with Gasteiger partial charge in [-0.1, -0.05) is 0 Å². The number of hydrogen-bond acceptors (Lipinski definition) is 3. The third-order valence-electron chi connectivity index (χ3n) is 2.08. The summed E-state index contributed by atoms with van der Waals surface area (Å²) >= 11 is 0. The number of amides is 1. The highest BCUT2D eigenvalue weighted by Crippen LogP contribution is 2.26. The van der Waals surface area contributed by atoms with Gasteiger partial charge in [0.1, 0.15) is 5.69 Å². The van der Waals surface area contributed by atoms with Crippen molar-refractivity contribution in [2.75, 3.05) is 5.32 Å². The normalized spacial score (nSPS) is 11.4. The zero-order chi connectivity index (χ0) is 14.1. The first-order chi connectivity index (χ1) is 8.14. The predicted octanol–water partition coefficient (Wildman–Crippen LogP) is 1.70. The van der Waals surface area contributed by atoms with Crippen molar-refractivity contribution < 1.29 is 22.4 Å². The van der Waals surface area contributed by atoms with E-state index in [2.05, 4.69) is 10.3 Å². The smallest absolute Gasteiger partial charge is 0.253 e. The van der Waals surface area contributed by atoms with Gasteiger partial charge < -0.3 is 11.1 Å². The van der Waals surface area contributed by atoms with Crippen LogP contribution < -0.4 is 11.1 Å². The van der Waals surface area contributed by atoms with Crippen LogP contribution in [0, 0.1) is 23.5 Å². The molecule has 0 unspecified atom stereocenters. The molecule has 1 aromatic heterocycles. The fraction of sp³-hybridized carbons (Fsp3) is 0.400. The fourth-order valence-electron chi connectivity index (χ4n) is 1.41. The summed E-state index contributed by atoms with van der Waals surface area (Å²) in [5.74, 6) is -7.60. The second-order valence-electron chi connectivity index (χ2n) is 4.35. The molecule has 1 rings (SSSR count). The average molecular weight is 265 g/mol. The van der Waals surface area contributed by atoms with Crippen LogP contribution in [-0.4, -0.2) is 16.4 Å². The van der Waals surface area contributed by atoms with E-state index in [4.69, 9.17) is 5.73 Å². The quantitative estimate of drug-likeness (QED) is 0.643. The minimum atomic E-state index is -1.77. The number of primary amides is 1. The van der Waals surface area contributed by atoms with Crippen molar-refractivity contribution in [3.63, 3.8) is 0 Å². The average Bonchev–Trinajstić information content (AvgIpc) is 2.20. The Hall–Kier alpha value is -1.86. The summed E-state index contributed by atoms with van der Waals surface area (Å²) in [4.78, 5) is 13.2. The first kappa shape index (κ1) is 14.2. The number of nitrogens with zero attached hydrogens (tertiary/aromatic N) is 1. The van der Waals surface area contributed by atoms with Crippen molar-refractivity contribution in [2.24, 2.45) is 5.73 Å². The summed E-state index contributed by atoms with van der Waals surface area (Å²) in [5, 5.41) is 2.20. The van der Waals surface area contributed by atoms with Gasteiger partial charge in [0.2, 0.25) is 17.5 Å². The number of carbonyl (C=O) groups is 1. The van der Waals surface area contributed by atoms with E-state index in [9.17, 15) is 22.4 Å². The van der Waals surface area contributed by atoms with Crippen LogP contribution in [0.3, 0.4) is 0 Å². The summed E-state index contributed by atoms with van der Waals surface area (Å²) < 4.78 is 52.2. The Kier molecular flexibility index (Phi) is 3.78. The van der Waals surface area contributed by atoms with Crippen molar-refractivity contribution in [3.05, 3.63) is 23.5 Å². The Labute approximate surface area is 100 Å². The van der Waals surface area contributed by atoms with Crippen LogP contribution in [0.25, 0.3) is 0 Å². The van der Waals surface area contributed by atoms with Crippen molar-refractivity contribution in [1.29, 1.82) is 0 Å². The number of rotatable bonds is 4. The molecule has 100 valence electrons. The van der Waals surface area contributed by atoms with E-state index in [1.54, 1.807) is 0 Å². The van der Waals surface area contributed by atoms with Crippen LogP contribution in [0.2, 0.25) is 0 Å². The number of hydrogen-bond donors (Lipinski definition) is 2. The summed E-state index contributed by atoms with van der Waals surface area (Å²) in [7, 11) is 0. The van der Waals surface area contributed by atoms with E-state index in [0.29, 0.717) is 0 Å². The van der Waals surface area contributed by atoms with Crippen molar-refractivity contribution in [2.45, 2.75) is 25.8 Å². The molecule has 0 aromatic carbocycles. The minimum absolute atomic E-state index is 0.280. The number of aromatic nitrogens is 1. The van der Waals surface area contributed by atoms with Gasteiger partial charge in [-0.3, -0.25) is 4.79 Å². The standard InChI is InChI=1S/C10H11F4N3O/c1-10(2,3-4(15)18)17-7-5(11)8(13)16-9(14)6(7)12/h3H2,1-2H3,(H2,15,18)(H,16,17). The van der Waals surface area contributed by atoms with Crippen LogP contribution in [0.5, 0.6) is 0 Å². The van der Waals surface area contributed by atoms with Gasteiger partial charge in [0.05, 0.1) is 0 Å². The molecule has 18 heavy (non-hydrogen) atoms. The van der Waals surface area contributed by atoms with Crippen LogP contribution in [0.1, 0.15) is 20.3 Å². The molecule has 4 nitrogen and oxygen atoms in total. The third-order valence-corrected chi connectivity index (χ3v) is 2.08. The molecular formula is C10H11F4N3O. The Morgan fingerprint density at radius 2 is 1.67 bits per heavy atom. The van der Waals surface area contributed by atoms with Crippen molar-refractivity contribution in [3.8, 4) is 0 Å². The SMILES string of the molecule is CC(C)(CC(N)=O)Nc1c(F)c(F)nc(F)c1F. The number of carbonyl (C=O) groups excluding carboxylic acids is 1. The highest BCUT2D eigenvalue weighted by Gasteiger charge is 2.27. The summed E-state index contributed by atoms with van der Waals surface area (Å²) in [5.41, 5.74) is 2.75. The summed E-state index contributed by atoms with van der Waals surface area (Å²) in [6, 6.07) is 0. The maximum absolute atomic E-state index is 13.3. The third kappa shape index (κ3) is 3.08. The fourth-order valence-corrected chi connectivity index (χ4v) is 1.41. The summed E-state index contributed by atoms with van der Waals surface area (Å²) in [6.45, 7) is 2.79. The predicted molar refractivity (Wildman–Crippen MR) is 55.6 cm³/mol. The Morgan fingerprint density at radius 1 is 1.22 bits per heavy atom. The van der Waals surface area contributed by atoms with Gasteiger partial charge in [0, 0.05) is 12.0 Å². The monoisotopic (exact) mass is 265 g/mol. The molecule has 8 heteroatoms. The minimum Gasteiger partial charge on any atom is -0.375 e. The number of pyridine rings is 1. The van der Waals surface area contributed by atoms with E-state index < -0.39 is 40.7 Å². The first-order valence-electron chi connectivity index (χ1n) is 4.90. The van der Waals surface area contributed by atoms with E-state index in [1.165, 1.54) is 13.8 Å². The van der Waals surface area contributed by atoms with Crippen molar-refractivity contribution in [1.82, 2.24) is 4.98 Å². The van der Waals surface area contributed by atoms with Crippen LogP contribution >= 0.6 is 0 Å². The topological polar surface area (TPSA) is 68.0 Å². The molecule has 0 saturated carbocycles. The van der Waals surface area contributed by atoms with Gasteiger partial charge in [0.15, 0.2) is 0 Å². The van der Waals surface area contributed by atoms with Gasteiger partial charge in [-0.05, 0) is 13.8 Å². The zero-order valence-electron chi connectivity index (χ0n) is 9.65. The lowest BCUT2D eigenvalue weighted by Gasteiger charge is -2.26. The molecule has 0 radical (unpaired) electrons. The molecule has 0 aliphatic carbocycles. The molecule has 0 fully saturated rings. The molecule has 0 aliphatic rings. The zero-order valence-corrected chi connectivity index (χ0v) is 9.65. The molecule has 3 N–H and O–H groups in total. The van der Waals surface area contributed by atoms with E-state index >= 15 is 0 Å². The molecule has 0 aliphatic heterocycles. The van der Waals surface area contributed by atoms with E-state index in [-0.39, 0.29) is 6.42 Å². The van der Waals surface area contributed by atoms with Crippen LogP contribution in [-0.2, 0) is 4.79 Å². The highest BCUT2D eigenvalue weighted by atomic mass is 19.2. The number of nitrogens with two attached hydrogens (primary N) is 1. The van der Waals surface area contributed by atoms with Crippen molar-refractivity contribution >= 4 is 11.6 Å². The summed E-state index contributed by atoms with van der Waals surface area (Å²) in [6.07, 6.45) is -0.280. The molecule has 0 spiro atoms. The lowest BCUT2D eigenvalue weighted by Crippen LogP contribution is -2.37. The molecule has 1 heterocycles. The maximum atomic E-state index is 13.3. The maximum Gasteiger partial charge on any atom is 0.253 e. The second kappa shape index (κ2) is 4.79. The van der Waals surface area contributed by atoms with Gasteiger partial charge in [-0.2, -0.15) is 22.5 Å². The Balaban J connectivity index is 3.15. The van der Waals surface area contributed by atoms with Gasteiger partial charge in [-0.25, -0.2) is 0 Å². The van der Waals surface area contributed by atoms with Crippen LogP contribution in [0.4, 0.5) is 23.2 Å². The first-order valence-corrected chi connectivity index (χ1v) is 4.90. The molecule has 1 amide bonds. The Morgan fingerprint density at radius 3 is 2.06 bits per heavy atom. The van der Waals surface area contributed by atoms with Gasteiger partial charge in [-0.15, -0.1) is 0 Å². The molecule has 0 saturated heterocycles. The molecular weight excluding hydrogens is 254 g/mol. The lowest BCUT2D eigenvalue weighted by molar-refractivity contribution is -0.118. The van der Waals surface area contributed by atoms with Gasteiger partial charge in [0.25, 0.3) is 11.9 Å². The lowest BCUT2D eigenvalue weighted by atomic mass is 10.00. The van der Waals surface area contributed by atoms with E-state index in [0.717, 1.165) is 0 Å². The number of anilines is 1. The number of nitrogens with one attached hydrogen (secondary N) is 1. The second-order valence-corrected chi connectivity index (χ2v) is 4.35. The van der Waals surface area contributed by atoms with Gasteiger partial charge >= 0.3 is 0 Å².